The summed E-state index contributed by atoms with van der Waals surface area (Å²) in [5.41, 5.74) is 0. The third kappa shape index (κ3) is 5.00. The van der Waals surface area contributed by atoms with E-state index in [1.165, 1.54) is 0 Å². The SMILES string of the molecule is CC(C)CCN(CCC(C)C)C(=O)C1CC1. The molecule has 0 bridgehead atoms. The number of rotatable bonds is 7. The predicted octanol–water partition coefficient (Wildman–Crippen LogP) is 3.32. The van der Waals surface area contributed by atoms with Gasteiger partial charge in [0.1, 0.15) is 0 Å². The molecule has 0 saturated heterocycles. The van der Waals surface area contributed by atoms with Crippen LogP contribution in [0.4, 0.5) is 0 Å². The van der Waals surface area contributed by atoms with E-state index in [1.54, 1.807) is 0 Å². The summed E-state index contributed by atoms with van der Waals surface area (Å²) in [6, 6.07) is 0. The Morgan fingerprint density at radius 2 is 1.50 bits per heavy atom. The molecule has 0 aromatic rings. The van der Waals surface area contributed by atoms with Crippen molar-refractivity contribution in [2.45, 2.75) is 53.4 Å². The Kier molecular flexibility index (Phi) is 5.30. The van der Waals surface area contributed by atoms with Crippen LogP contribution in [0.25, 0.3) is 0 Å². The second kappa shape index (κ2) is 6.27. The first kappa shape index (κ1) is 13.5. The Balaban J connectivity index is 2.36. The number of amides is 1. The summed E-state index contributed by atoms with van der Waals surface area (Å²) in [5.74, 6) is 2.17. The molecule has 0 atom stereocenters. The molecule has 1 aliphatic carbocycles. The van der Waals surface area contributed by atoms with Crippen LogP contribution in [0, 0.1) is 17.8 Å². The van der Waals surface area contributed by atoms with E-state index in [0.717, 1.165) is 38.8 Å². The van der Waals surface area contributed by atoms with Gasteiger partial charge in [-0.05, 0) is 37.5 Å². The van der Waals surface area contributed by atoms with Gasteiger partial charge in [-0.25, -0.2) is 0 Å². The van der Waals surface area contributed by atoms with Crippen LogP contribution >= 0.6 is 0 Å². The summed E-state index contributed by atoms with van der Waals surface area (Å²) in [5, 5.41) is 0. The van der Waals surface area contributed by atoms with Crippen molar-refractivity contribution in [1.29, 1.82) is 0 Å². The molecule has 0 aromatic carbocycles. The molecular formula is C14H27NO. The Hall–Kier alpha value is -0.530. The molecule has 2 heteroatoms. The molecule has 1 saturated carbocycles. The Morgan fingerprint density at radius 3 is 1.81 bits per heavy atom. The quantitative estimate of drug-likeness (QED) is 0.651. The lowest BCUT2D eigenvalue weighted by molar-refractivity contribution is -0.132. The fourth-order valence-corrected chi connectivity index (χ4v) is 1.75. The van der Waals surface area contributed by atoms with Gasteiger partial charge in [0.05, 0.1) is 0 Å². The molecule has 1 aliphatic rings. The first-order chi connectivity index (χ1) is 7.50. The van der Waals surface area contributed by atoms with Gasteiger partial charge in [0, 0.05) is 19.0 Å². The third-order valence-corrected chi connectivity index (χ3v) is 3.19. The highest BCUT2D eigenvalue weighted by Gasteiger charge is 2.33. The van der Waals surface area contributed by atoms with Gasteiger partial charge < -0.3 is 4.90 Å². The third-order valence-electron chi connectivity index (χ3n) is 3.19. The van der Waals surface area contributed by atoms with Gasteiger partial charge in [-0.3, -0.25) is 4.79 Å². The topological polar surface area (TPSA) is 20.3 Å². The van der Waals surface area contributed by atoms with Crippen molar-refractivity contribution in [3.05, 3.63) is 0 Å². The molecule has 0 aromatic heterocycles. The molecule has 0 heterocycles. The Morgan fingerprint density at radius 1 is 1.06 bits per heavy atom. The summed E-state index contributed by atoms with van der Waals surface area (Å²) >= 11 is 0. The molecule has 1 fully saturated rings. The smallest absolute Gasteiger partial charge is 0.225 e. The zero-order valence-electron chi connectivity index (χ0n) is 11.3. The van der Waals surface area contributed by atoms with Gasteiger partial charge in [0.2, 0.25) is 5.91 Å². The standard InChI is InChI=1S/C14H27NO/c1-11(2)7-9-15(10-8-12(3)4)14(16)13-5-6-13/h11-13H,5-10H2,1-4H3. The van der Waals surface area contributed by atoms with Crippen LogP contribution in [0.2, 0.25) is 0 Å². The van der Waals surface area contributed by atoms with E-state index in [1.807, 2.05) is 0 Å². The first-order valence-electron chi connectivity index (χ1n) is 6.79. The Bertz CT molecular complexity index is 207. The maximum Gasteiger partial charge on any atom is 0.225 e. The highest BCUT2D eigenvalue weighted by atomic mass is 16.2. The summed E-state index contributed by atoms with van der Waals surface area (Å²) in [6.07, 6.45) is 4.52. The highest BCUT2D eigenvalue weighted by Crippen LogP contribution is 2.31. The first-order valence-corrected chi connectivity index (χ1v) is 6.79. The second-order valence-electron chi connectivity index (χ2n) is 5.96. The van der Waals surface area contributed by atoms with Crippen LogP contribution in [0.15, 0.2) is 0 Å². The minimum atomic E-state index is 0.374. The van der Waals surface area contributed by atoms with Crippen molar-refractivity contribution in [1.82, 2.24) is 4.90 Å². The summed E-state index contributed by atoms with van der Waals surface area (Å²) in [7, 11) is 0. The van der Waals surface area contributed by atoms with Gasteiger partial charge in [0.25, 0.3) is 0 Å². The second-order valence-corrected chi connectivity index (χ2v) is 5.96. The van der Waals surface area contributed by atoms with Gasteiger partial charge >= 0.3 is 0 Å². The monoisotopic (exact) mass is 225 g/mol. The van der Waals surface area contributed by atoms with Crippen molar-refractivity contribution >= 4 is 5.91 Å². The van der Waals surface area contributed by atoms with Gasteiger partial charge in [-0.2, -0.15) is 0 Å². The van der Waals surface area contributed by atoms with Gasteiger partial charge in [0.15, 0.2) is 0 Å². The summed E-state index contributed by atoms with van der Waals surface area (Å²) < 4.78 is 0. The summed E-state index contributed by atoms with van der Waals surface area (Å²) in [6.45, 7) is 10.8. The van der Waals surface area contributed by atoms with Crippen LogP contribution in [0.1, 0.15) is 53.4 Å². The fourth-order valence-electron chi connectivity index (χ4n) is 1.75. The van der Waals surface area contributed by atoms with E-state index >= 15 is 0 Å². The lowest BCUT2D eigenvalue weighted by atomic mass is 10.1. The molecule has 0 radical (unpaired) electrons. The fraction of sp³-hybridized carbons (Fsp3) is 0.929. The van der Waals surface area contributed by atoms with Crippen LogP contribution in [-0.4, -0.2) is 23.9 Å². The maximum atomic E-state index is 12.1. The van der Waals surface area contributed by atoms with Crippen molar-refractivity contribution in [3.63, 3.8) is 0 Å². The lowest BCUT2D eigenvalue weighted by Crippen LogP contribution is -2.35. The van der Waals surface area contributed by atoms with E-state index in [4.69, 9.17) is 0 Å². The van der Waals surface area contributed by atoms with E-state index in [0.29, 0.717) is 23.7 Å². The normalized spacial score (nSPS) is 15.9. The molecule has 0 spiro atoms. The van der Waals surface area contributed by atoms with E-state index < -0.39 is 0 Å². The van der Waals surface area contributed by atoms with Crippen LogP contribution in [0.5, 0.6) is 0 Å². The van der Waals surface area contributed by atoms with Crippen molar-refractivity contribution in [3.8, 4) is 0 Å². The molecule has 0 N–H and O–H groups in total. The number of hydrogen-bond donors (Lipinski definition) is 0. The molecule has 2 nitrogen and oxygen atoms in total. The minimum Gasteiger partial charge on any atom is -0.342 e. The molecule has 16 heavy (non-hydrogen) atoms. The summed E-state index contributed by atoms with van der Waals surface area (Å²) in [4.78, 5) is 14.2. The van der Waals surface area contributed by atoms with Crippen molar-refractivity contribution in [2.24, 2.45) is 17.8 Å². The molecule has 1 rings (SSSR count). The largest absolute Gasteiger partial charge is 0.342 e. The van der Waals surface area contributed by atoms with E-state index in [9.17, 15) is 4.79 Å². The lowest BCUT2D eigenvalue weighted by Gasteiger charge is -2.24. The van der Waals surface area contributed by atoms with Crippen LogP contribution in [0.3, 0.4) is 0 Å². The average molecular weight is 225 g/mol. The van der Waals surface area contributed by atoms with Crippen LogP contribution in [-0.2, 0) is 4.79 Å². The number of carbonyl (C=O) groups is 1. The zero-order chi connectivity index (χ0) is 12.1. The van der Waals surface area contributed by atoms with Crippen molar-refractivity contribution in [2.75, 3.05) is 13.1 Å². The molecule has 1 amide bonds. The molecule has 0 aliphatic heterocycles. The zero-order valence-corrected chi connectivity index (χ0v) is 11.3. The minimum absolute atomic E-state index is 0.374. The maximum absolute atomic E-state index is 12.1. The molecule has 94 valence electrons. The number of hydrogen-bond acceptors (Lipinski definition) is 1. The molecule has 0 unspecified atom stereocenters. The van der Waals surface area contributed by atoms with Gasteiger partial charge in [-0.1, -0.05) is 27.7 Å². The van der Waals surface area contributed by atoms with Gasteiger partial charge in [-0.15, -0.1) is 0 Å². The molecular weight excluding hydrogens is 198 g/mol. The number of nitrogens with zero attached hydrogens (tertiary/aromatic N) is 1. The van der Waals surface area contributed by atoms with Crippen LogP contribution < -0.4 is 0 Å². The van der Waals surface area contributed by atoms with E-state index in [2.05, 4.69) is 32.6 Å². The average Bonchev–Trinajstić information content (AvgIpc) is 2.99. The highest BCUT2D eigenvalue weighted by molar-refractivity contribution is 5.81. The van der Waals surface area contributed by atoms with Crippen molar-refractivity contribution < 1.29 is 4.79 Å². The predicted molar refractivity (Wildman–Crippen MR) is 68.2 cm³/mol. The Labute approximate surface area is 100 Å². The van der Waals surface area contributed by atoms with E-state index in [-0.39, 0.29) is 0 Å². The number of carbonyl (C=O) groups excluding carboxylic acids is 1.